The zero-order valence-corrected chi connectivity index (χ0v) is 12.7. The van der Waals surface area contributed by atoms with Gasteiger partial charge in [-0.15, -0.1) is 0 Å². The van der Waals surface area contributed by atoms with Gasteiger partial charge in [0.15, 0.2) is 0 Å². The number of piperidine rings is 1. The van der Waals surface area contributed by atoms with E-state index >= 15 is 0 Å². The quantitative estimate of drug-likeness (QED) is 0.834. The van der Waals surface area contributed by atoms with Crippen LogP contribution in [0.15, 0.2) is 0 Å². The van der Waals surface area contributed by atoms with Crippen molar-refractivity contribution in [3.63, 3.8) is 0 Å². The van der Waals surface area contributed by atoms with Crippen molar-refractivity contribution in [1.29, 1.82) is 0 Å². The summed E-state index contributed by atoms with van der Waals surface area (Å²) in [7, 11) is 0. The van der Waals surface area contributed by atoms with Gasteiger partial charge >= 0.3 is 0 Å². The molecule has 2 unspecified atom stereocenters. The summed E-state index contributed by atoms with van der Waals surface area (Å²) in [5.74, 6) is 1.51. The summed E-state index contributed by atoms with van der Waals surface area (Å²) in [4.78, 5) is 15.1. The summed E-state index contributed by atoms with van der Waals surface area (Å²) >= 11 is 1.99. The lowest BCUT2D eigenvalue weighted by molar-refractivity contribution is -0.146. The minimum atomic E-state index is -0.0821. The van der Waals surface area contributed by atoms with Crippen LogP contribution in [0.25, 0.3) is 0 Å². The molecular weight excluding hydrogens is 244 g/mol. The second kappa shape index (κ2) is 5.83. The Hall–Kier alpha value is -0.220. The van der Waals surface area contributed by atoms with Crippen LogP contribution in [0.1, 0.15) is 40.0 Å². The monoisotopic (exact) mass is 270 g/mol. The molecule has 1 N–H and O–H groups in total. The van der Waals surface area contributed by atoms with Crippen molar-refractivity contribution in [3.8, 4) is 0 Å². The molecule has 4 heteroatoms. The topological polar surface area (TPSA) is 32.3 Å². The number of carbonyl (C=O) groups excluding carboxylic acids is 1. The van der Waals surface area contributed by atoms with Gasteiger partial charge in [-0.3, -0.25) is 4.79 Å². The summed E-state index contributed by atoms with van der Waals surface area (Å²) in [5, 5.41) is 3.94. The van der Waals surface area contributed by atoms with E-state index in [9.17, 15) is 4.79 Å². The van der Waals surface area contributed by atoms with Crippen molar-refractivity contribution in [2.75, 3.05) is 25.4 Å². The van der Waals surface area contributed by atoms with Crippen LogP contribution in [-0.2, 0) is 4.79 Å². The average molecular weight is 270 g/mol. The molecule has 104 valence electrons. The number of nitrogens with zero attached hydrogens (tertiary/aromatic N) is 1. The molecule has 2 saturated heterocycles. The number of nitrogens with one attached hydrogen (secondary N) is 1. The Kier molecular flexibility index (Phi) is 4.59. The molecule has 2 aliphatic rings. The molecule has 2 atom stereocenters. The molecule has 3 nitrogen and oxygen atoms in total. The van der Waals surface area contributed by atoms with E-state index in [-0.39, 0.29) is 5.41 Å². The van der Waals surface area contributed by atoms with E-state index in [1.54, 1.807) is 0 Å². The molecular formula is C14H26N2OS. The Morgan fingerprint density at radius 1 is 1.39 bits per heavy atom. The fraction of sp³-hybridized carbons (Fsp3) is 0.929. The third-order valence-electron chi connectivity index (χ3n) is 4.84. The Bertz CT molecular complexity index is 302. The van der Waals surface area contributed by atoms with E-state index < -0.39 is 0 Å². The van der Waals surface area contributed by atoms with Gasteiger partial charge in [0.2, 0.25) is 5.91 Å². The average Bonchev–Trinajstić information content (AvgIpc) is 2.42. The highest BCUT2D eigenvalue weighted by Gasteiger charge is 2.43. The predicted octanol–water partition coefficient (Wildman–Crippen LogP) is 2.12. The second-order valence-corrected chi connectivity index (χ2v) is 7.18. The first-order valence-corrected chi connectivity index (χ1v) is 8.29. The molecule has 2 rings (SSSR count). The minimum Gasteiger partial charge on any atom is -0.338 e. The van der Waals surface area contributed by atoms with E-state index in [0.29, 0.717) is 17.2 Å². The molecule has 0 bridgehead atoms. The highest BCUT2D eigenvalue weighted by molar-refractivity contribution is 8.00. The SMILES string of the molecule is CCC1(C(=O)N2CCSC(C)C2C)CCNCC1. The van der Waals surface area contributed by atoms with E-state index in [1.165, 1.54) is 0 Å². The van der Waals surface area contributed by atoms with Crippen LogP contribution in [-0.4, -0.2) is 47.5 Å². The van der Waals surface area contributed by atoms with Crippen molar-refractivity contribution in [2.24, 2.45) is 5.41 Å². The van der Waals surface area contributed by atoms with Crippen LogP contribution in [0.4, 0.5) is 0 Å². The maximum atomic E-state index is 13.0. The molecule has 2 fully saturated rings. The lowest BCUT2D eigenvalue weighted by atomic mass is 9.75. The Morgan fingerprint density at radius 3 is 2.67 bits per heavy atom. The lowest BCUT2D eigenvalue weighted by Gasteiger charge is -2.45. The summed E-state index contributed by atoms with van der Waals surface area (Å²) < 4.78 is 0. The van der Waals surface area contributed by atoms with Crippen LogP contribution < -0.4 is 5.32 Å². The van der Waals surface area contributed by atoms with Crippen molar-refractivity contribution in [3.05, 3.63) is 0 Å². The molecule has 0 saturated carbocycles. The fourth-order valence-electron chi connectivity index (χ4n) is 3.15. The van der Waals surface area contributed by atoms with Crippen LogP contribution in [0, 0.1) is 5.41 Å². The maximum Gasteiger partial charge on any atom is 0.229 e. The Labute approximate surface area is 115 Å². The van der Waals surface area contributed by atoms with Crippen molar-refractivity contribution in [2.45, 2.75) is 51.3 Å². The Balaban J connectivity index is 2.12. The van der Waals surface area contributed by atoms with Gasteiger partial charge in [0.25, 0.3) is 0 Å². The van der Waals surface area contributed by atoms with Crippen LogP contribution >= 0.6 is 11.8 Å². The highest BCUT2D eigenvalue weighted by Crippen LogP contribution is 2.37. The first-order valence-electron chi connectivity index (χ1n) is 7.24. The van der Waals surface area contributed by atoms with Gasteiger partial charge in [0.05, 0.1) is 5.41 Å². The van der Waals surface area contributed by atoms with Crippen molar-refractivity contribution in [1.82, 2.24) is 10.2 Å². The molecule has 1 amide bonds. The van der Waals surface area contributed by atoms with Gasteiger partial charge in [0, 0.05) is 23.6 Å². The number of hydrogen-bond donors (Lipinski definition) is 1. The van der Waals surface area contributed by atoms with Crippen LogP contribution in [0.3, 0.4) is 0 Å². The predicted molar refractivity (Wildman–Crippen MR) is 77.9 cm³/mol. The largest absolute Gasteiger partial charge is 0.338 e. The van der Waals surface area contributed by atoms with Gasteiger partial charge < -0.3 is 10.2 Å². The summed E-state index contributed by atoms with van der Waals surface area (Å²) in [6.45, 7) is 9.55. The zero-order chi connectivity index (χ0) is 13.2. The number of thioether (sulfide) groups is 1. The van der Waals surface area contributed by atoms with Crippen LogP contribution in [0.5, 0.6) is 0 Å². The number of amides is 1. The summed E-state index contributed by atoms with van der Waals surface area (Å²) in [6.07, 6.45) is 3.00. The molecule has 0 aliphatic carbocycles. The molecule has 0 aromatic carbocycles. The fourth-order valence-corrected chi connectivity index (χ4v) is 4.25. The second-order valence-electron chi connectivity index (χ2n) is 5.70. The number of rotatable bonds is 2. The molecule has 2 aliphatic heterocycles. The zero-order valence-electron chi connectivity index (χ0n) is 11.9. The molecule has 0 radical (unpaired) electrons. The van der Waals surface area contributed by atoms with E-state index in [1.807, 2.05) is 11.8 Å². The summed E-state index contributed by atoms with van der Waals surface area (Å²) in [5.41, 5.74) is -0.0821. The molecule has 0 aromatic heterocycles. The van der Waals surface area contributed by atoms with Gasteiger partial charge in [-0.25, -0.2) is 0 Å². The third kappa shape index (κ3) is 2.55. The van der Waals surface area contributed by atoms with Crippen molar-refractivity contribution < 1.29 is 4.79 Å². The smallest absolute Gasteiger partial charge is 0.229 e. The van der Waals surface area contributed by atoms with E-state index in [4.69, 9.17) is 0 Å². The molecule has 0 aromatic rings. The number of carbonyl (C=O) groups is 1. The van der Waals surface area contributed by atoms with Crippen LogP contribution in [0.2, 0.25) is 0 Å². The van der Waals surface area contributed by atoms with Gasteiger partial charge in [-0.05, 0) is 39.3 Å². The minimum absolute atomic E-state index is 0.0821. The normalized spacial score (nSPS) is 32.3. The first kappa shape index (κ1) is 14.2. The molecule has 0 spiro atoms. The first-order chi connectivity index (χ1) is 8.60. The van der Waals surface area contributed by atoms with Gasteiger partial charge in [0.1, 0.15) is 0 Å². The molecule has 2 heterocycles. The molecule has 18 heavy (non-hydrogen) atoms. The van der Waals surface area contributed by atoms with Gasteiger partial charge in [-0.1, -0.05) is 13.8 Å². The van der Waals surface area contributed by atoms with Crippen molar-refractivity contribution >= 4 is 17.7 Å². The number of hydrogen-bond acceptors (Lipinski definition) is 3. The highest BCUT2D eigenvalue weighted by atomic mass is 32.2. The van der Waals surface area contributed by atoms with E-state index in [0.717, 1.165) is 44.6 Å². The standard InChI is InChI=1S/C14H26N2OS/c1-4-14(5-7-15-8-6-14)13(17)16-9-10-18-12(3)11(16)2/h11-12,15H,4-10H2,1-3H3. The lowest BCUT2D eigenvalue weighted by Crippen LogP contribution is -2.55. The Morgan fingerprint density at radius 2 is 2.06 bits per heavy atom. The third-order valence-corrected chi connectivity index (χ3v) is 6.17. The summed E-state index contributed by atoms with van der Waals surface area (Å²) in [6, 6.07) is 0.384. The van der Waals surface area contributed by atoms with Gasteiger partial charge in [-0.2, -0.15) is 11.8 Å². The maximum absolute atomic E-state index is 13.0. The van der Waals surface area contributed by atoms with E-state index in [2.05, 4.69) is 31.0 Å².